The van der Waals surface area contributed by atoms with Crippen molar-refractivity contribution in [2.24, 2.45) is 5.73 Å². The van der Waals surface area contributed by atoms with Crippen molar-refractivity contribution in [2.45, 2.75) is 0 Å². The van der Waals surface area contributed by atoms with Gasteiger partial charge in [0.2, 0.25) is 0 Å². The van der Waals surface area contributed by atoms with E-state index >= 15 is 0 Å². The monoisotopic (exact) mass is 370 g/mol. The zero-order valence-electron chi connectivity index (χ0n) is 10.3. The van der Waals surface area contributed by atoms with Gasteiger partial charge in [-0.15, -0.1) is 11.3 Å². The van der Waals surface area contributed by atoms with Gasteiger partial charge in [0, 0.05) is 5.38 Å². The molecule has 0 aliphatic carbocycles. The molecule has 1 aromatic heterocycles. The zero-order chi connectivity index (χ0) is 14.5. The molecule has 0 aliphatic rings. The first-order valence-corrected chi connectivity index (χ1v) is 7.70. The van der Waals surface area contributed by atoms with Crippen LogP contribution in [0.3, 0.4) is 0 Å². The summed E-state index contributed by atoms with van der Waals surface area (Å²) in [6.07, 6.45) is 0. The fourth-order valence-corrected chi connectivity index (χ4v) is 2.66. The number of hydrogen-bond donors (Lipinski definition) is 2. The molecule has 1 aromatic carbocycles. The van der Waals surface area contributed by atoms with Gasteiger partial charge in [0.05, 0.1) is 15.0 Å². The number of rotatable bonds is 5. The highest BCUT2D eigenvalue weighted by atomic mass is 79.9. The van der Waals surface area contributed by atoms with Crippen LogP contribution < -0.4 is 15.8 Å². The number of nitrogens with two attached hydrogens (primary N) is 1. The van der Waals surface area contributed by atoms with Gasteiger partial charge in [-0.05, 0) is 34.1 Å². The van der Waals surface area contributed by atoms with Gasteiger partial charge in [-0.1, -0.05) is 24.4 Å². The number of ether oxygens (including phenoxy) is 1. The van der Waals surface area contributed by atoms with E-state index in [1.165, 1.54) is 11.3 Å². The molecule has 20 heavy (non-hydrogen) atoms. The van der Waals surface area contributed by atoms with E-state index in [1.54, 1.807) is 23.6 Å². The largest absolute Gasteiger partial charge is 0.484 e. The Morgan fingerprint density at radius 3 is 2.85 bits per heavy atom. The number of carbonyl (C=O) groups is 1. The quantitative estimate of drug-likeness (QED) is 0.791. The lowest BCUT2D eigenvalue weighted by Gasteiger charge is -2.11. The molecule has 0 bridgehead atoms. The van der Waals surface area contributed by atoms with Crippen LogP contribution in [0.2, 0.25) is 0 Å². The van der Waals surface area contributed by atoms with Crippen molar-refractivity contribution in [1.29, 1.82) is 0 Å². The smallest absolute Gasteiger partial charge is 0.256 e. The topological polar surface area (TPSA) is 64.3 Å². The van der Waals surface area contributed by atoms with Crippen LogP contribution in [0.5, 0.6) is 5.75 Å². The summed E-state index contributed by atoms with van der Waals surface area (Å²) >= 11 is 9.55. The van der Waals surface area contributed by atoms with Gasteiger partial charge in [-0.3, -0.25) is 4.79 Å². The Morgan fingerprint density at radius 2 is 2.20 bits per heavy atom. The summed E-state index contributed by atoms with van der Waals surface area (Å²) in [4.78, 5) is 12.3. The molecule has 0 saturated heterocycles. The molecular formula is C13H11BrN2O2S2. The average Bonchev–Trinajstić information content (AvgIpc) is 2.84. The number of thiocarbonyl (C=S) groups is 1. The molecule has 3 N–H and O–H groups in total. The van der Waals surface area contributed by atoms with E-state index in [9.17, 15) is 4.79 Å². The number of benzene rings is 1. The maximum atomic E-state index is 12.1. The molecule has 0 spiro atoms. The van der Waals surface area contributed by atoms with Gasteiger partial charge in [0.25, 0.3) is 5.91 Å². The van der Waals surface area contributed by atoms with E-state index in [-0.39, 0.29) is 17.5 Å². The van der Waals surface area contributed by atoms with E-state index in [4.69, 9.17) is 22.7 Å². The second-order valence-electron chi connectivity index (χ2n) is 3.84. The van der Waals surface area contributed by atoms with Crippen LogP contribution in [-0.4, -0.2) is 17.5 Å². The van der Waals surface area contributed by atoms with Crippen LogP contribution in [-0.2, 0) is 0 Å². The Morgan fingerprint density at radius 1 is 1.45 bits per heavy atom. The van der Waals surface area contributed by atoms with Gasteiger partial charge in [0.15, 0.2) is 0 Å². The summed E-state index contributed by atoms with van der Waals surface area (Å²) in [6.45, 7) is 0.131. The summed E-state index contributed by atoms with van der Waals surface area (Å²) in [7, 11) is 0. The van der Waals surface area contributed by atoms with Gasteiger partial charge in [-0.2, -0.15) is 0 Å². The van der Waals surface area contributed by atoms with Crippen LogP contribution >= 0.6 is 39.5 Å². The third-order valence-corrected chi connectivity index (χ3v) is 3.96. The molecule has 0 saturated carbocycles. The van der Waals surface area contributed by atoms with Crippen molar-refractivity contribution in [3.05, 3.63) is 45.1 Å². The standard InChI is InChI=1S/C13H11BrN2O2S2/c14-11-5-8(7-20-11)13(17)16-9-3-1-2-4-10(9)18-6-12(15)19/h1-5,7H,6H2,(H2,15,19)(H,16,17). The maximum Gasteiger partial charge on any atom is 0.256 e. The van der Waals surface area contributed by atoms with E-state index in [2.05, 4.69) is 21.2 Å². The highest BCUT2D eigenvalue weighted by molar-refractivity contribution is 9.11. The lowest BCUT2D eigenvalue weighted by molar-refractivity contribution is 0.102. The normalized spacial score (nSPS) is 10.1. The van der Waals surface area contributed by atoms with Gasteiger partial charge < -0.3 is 15.8 Å². The number of nitrogens with one attached hydrogen (secondary N) is 1. The number of halogens is 1. The third-order valence-electron chi connectivity index (χ3n) is 2.33. The minimum Gasteiger partial charge on any atom is -0.484 e. The molecule has 2 aromatic rings. The van der Waals surface area contributed by atoms with Crippen molar-refractivity contribution in [3.63, 3.8) is 0 Å². The van der Waals surface area contributed by atoms with Crippen molar-refractivity contribution in [2.75, 3.05) is 11.9 Å². The highest BCUT2D eigenvalue weighted by Gasteiger charge is 2.11. The minimum absolute atomic E-state index is 0.131. The second-order valence-corrected chi connectivity index (χ2v) is 6.66. The number of para-hydroxylation sites is 2. The molecule has 0 aliphatic heterocycles. The summed E-state index contributed by atoms with van der Waals surface area (Å²) in [5.41, 5.74) is 6.57. The molecule has 0 unspecified atom stereocenters. The predicted octanol–water partition coefficient (Wildman–Crippen LogP) is 3.43. The number of thiophene rings is 1. The van der Waals surface area contributed by atoms with E-state index < -0.39 is 0 Å². The first-order valence-electron chi connectivity index (χ1n) is 5.62. The number of carbonyl (C=O) groups excluding carboxylic acids is 1. The van der Waals surface area contributed by atoms with Crippen LogP contribution in [0.15, 0.2) is 39.5 Å². The summed E-state index contributed by atoms with van der Waals surface area (Å²) < 4.78 is 6.36. The van der Waals surface area contributed by atoms with Crippen molar-refractivity contribution in [3.8, 4) is 5.75 Å². The van der Waals surface area contributed by atoms with Crippen LogP contribution in [0, 0.1) is 0 Å². The fourth-order valence-electron chi connectivity index (χ4n) is 1.47. The molecule has 0 fully saturated rings. The van der Waals surface area contributed by atoms with E-state index in [1.807, 2.05) is 12.1 Å². The molecule has 1 amide bonds. The Labute approximate surface area is 134 Å². The van der Waals surface area contributed by atoms with E-state index in [0.29, 0.717) is 17.0 Å². The van der Waals surface area contributed by atoms with Gasteiger partial charge in [-0.25, -0.2) is 0 Å². The van der Waals surface area contributed by atoms with E-state index in [0.717, 1.165) is 3.79 Å². The van der Waals surface area contributed by atoms with Gasteiger partial charge in [0.1, 0.15) is 17.3 Å². The molecular weight excluding hydrogens is 360 g/mol. The zero-order valence-corrected chi connectivity index (χ0v) is 13.5. The Bertz CT molecular complexity index is 643. The molecule has 4 nitrogen and oxygen atoms in total. The maximum absolute atomic E-state index is 12.1. The highest BCUT2D eigenvalue weighted by Crippen LogP contribution is 2.26. The Kier molecular flexibility index (Phi) is 5.11. The predicted molar refractivity (Wildman–Crippen MR) is 88.7 cm³/mol. The average molecular weight is 371 g/mol. The summed E-state index contributed by atoms with van der Waals surface area (Å²) in [6, 6.07) is 8.89. The first-order chi connectivity index (χ1) is 9.56. The lowest BCUT2D eigenvalue weighted by atomic mass is 10.2. The number of hydrogen-bond acceptors (Lipinski definition) is 4. The third kappa shape index (κ3) is 4.03. The second kappa shape index (κ2) is 6.83. The molecule has 0 atom stereocenters. The molecule has 104 valence electrons. The van der Waals surface area contributed by atoms with Crippen molar-refractivity contribution < 1.29 is 9.53 Å². The summed E-state index contributed by atoms with van der Waals surface area (Å²) in [5, 5.41) is 4.58. The van der Waals surface area contributed by atoms with Gasteiger partial charge >= 0.3 is 0 Å². The number of anilines is 1. The molecule has 1 heterocycles. The lowest BCUT2D eigenvalue weighted by Crippen LogP contribution is -2.19. The van der Waals surface area contributed by atoms with Crippen molar-refractivity contribution >= 4 is 56.1 Å². The van der Waals surface area contributed by atoms with Crippen LogP contribution in [0.25, 0.3) is 0 Å². The minimum atomic E-state index is -0.196. The molecule has 7 heteroatoms. The Hall–Kier alpha value is -1.44. The van der Waals surface area contributed by atoms with Crippen molar-refractivity contribution in [1.82, 2.24) is 0 Å². The SMILES string of the molecule is NC(=S)COc1ccccc1NC(=O)c1csc(Br)c1. The molecule has 0 radical (unpaired) electrons. The first kappa shape index (κ1) is 15.0. The number of amides is 1. The van der Waals surface area contributed by atoms with Crippen LogP contribution in [0.4, 0.5) is 5.69 Å². The fraction of sp³-hybridized carbons (Fsp3) is 0.0769. The van der Waals surface area contributed by atoms with Crippen LogP contribution in [0.1, 0.15) is 10.4 Å². The molecule has 2 rings (SSSR count). The summed E-state index contributed by atoms with van der Waals surface area (Å²) in [5.74, 6) is 0.335. The Balaban J connectivity index is 2.12.